The first kappa shape index (κ1) is 20.8. The molecule has 1 saturated heterocycles. The number of carbonyl (C=O) groups is 3. The number of nitrogens with one attached hydrogen (secondary N) is 1. The quantitative estimate of drug-likeness (QED) is 0.433. The fourth-order valence-electron chi connectivity index (χ4n) is 3.66. The maximum absolute atomic E-state index is 13.1. The fraction of sp³-hybridized carbons (Fsp3) is 0.125. The summed E-state index contributed by atoms with van der Waals surface area (Å²) < 4.78 is 2.88. The largest absolute Gasteiger partial charge is 0.335 e. The molecular formula is C24H20BrN3O3. The van der Waals surface area contributed by atoms with E-state index in [2.05, 4.69) is 25.8 Å². The number of urea groups is 1. The van der Waals surface area contributed by atoms with Crippen molar-refractivity contribution in [2.45, 2.75) is 20.8 Å². The molecule has 4 rings (SSSR count). The van der Waals surface area contributed by atoms with Gasteiger partial charge >= 0.3 is 6.03 Å². The number of carbonyl (C=O) groups excluding carboxylic acids is 3. The lowest BCUT2D eigenvalue weighted by Gasteiger charge is -2.26. The van der Waals surface area contributed by atoms with Gasteiger partial charge in [-0.1, -0.05) is 33.6 Å². The number of hydrogen-bond donors (Lipinski definition) is 1. The van der Waals surface area contributed by atoms with E-state index in [0.717, 1.165) is 37.6 Å². The summed E-state index contributed by atoms with van der Waals surface area (Å²) in [5.41, 5.74) is 5.05. The molecule has 2 heterocycles. The summed E-state index contributed by atoms with van der Waals surface area (Å²) in [5.74, 6) is -1.36. The van der Waals surface area contributed by atoms with Crippen molar-refractivity contribution in [1.82, 2.24) is 9.88 Å². The van der Waals surface area contributed by atoms with E-state index in [0.29, 0.717) is 5.69 Å². The molecule has 156 valence electrons. The topological polar surface area (TPSA) is 71.4 Å². The Bertz CT molecular complexity index is 1240. The Morgan fingerprint density at radius 3 is 2.13 bits per heavy atom. The van der Waals surface area contributed by atoms with E-state index in [1.807, 2.05) is 51.1 Å². The smallest absolute Gasteiger partial charge is 0.318 e. The number of halogens is 1. The molecule has 0 aliphatic carbocycles. The summed E-state index contributed by atoms with van der Waals surface area (Å²) >= 11 is 3.33. The molecule has 0 unspecified atom stereocenters. The lowest BCUT2D eigenvalue weighted by Crippen LogP contribution is -2.54. The molecule has 1 fully saturated rings. The third-order valence-electron chi connectivity index (χ3n) is 5.25. The van der Waals surface area contributed by atoms with Gasteiger partial charge in [-0.15, -0.1) is 0 Å². The van der Waals surface area contributed by atoms with Crippen molar-refractivity contribution in [2.75, 3.05) is 4.90 Å². The molecule has 6 nitrogen and oxygen atoms in total. The van der Waals surface area contributed by atoms with Gasteiger partial charge < -0.3 is 4.57 Å². The lowest BCUT2D eigenvalue weighted by molar-refractivity contribution is -0.122. The van der Waals surface area contributed by atoms with Crippen molar-refractivity contribution in [1.29, 1.82) is 0 Å². The van der Waals surface area contributed by atoms with Crippen LogP contribution in [0.2, 0.25) is 0 Å². The van der Waals surface area contributed by atoms with E-state index in [9.17, 15) is 14.4 Å². The van der Waals surface area contributed by atoms with Crippen LogP contribution < -0.4 is 10.2 Å². The number of anilines is 1. The number of imide groups is 2. The SMILES string of the molecule is Cc1ccc(-n2c(C)cc(/C=C3/C(=O)NC(=O)N(c4ccc(Br)cc4)C3=O)c2C)cc1. The third-order valence-corrected chi connectivity index (χ3v) is 5.78. The monoisotopic (exact) mass is 477 g/mol. The van der Waals surface area contributed by atoms with Crippen LogP contribution in [0, 0.1) is 20.8 Å². The van der Waals surface area contributed by atoms with E-state index in [1.54, 1.807) is 30.3 Å². The van der Waals surface area contributed by atoms with Gasteiger partial charge in [0.05, 0.1) is 5.69 Å². The molecule has 0 spiro atoms. The zero-order valence-electron chi connectivity index (χ0n) is 17.3. The van der Waals surface area contributed by atoms with E-state index in [-0.39, 0.29) is 5.57 Å². The first-order chi connectivity index (χ1) is 14.8. The van der Waals surface area contributed by atoms with E-state index in [1.165, 1.54) is 0 Å². The number of aryl methyl sites for hydroxylation is 2. The maximum Gasteiger partial charge on any atom is 0.335 e. The summed E-state index contributed by atoms with van der Waals surface area (Å²) in [7, 11) is 0. The minimum atomic E-state index is -0.764. The number of hydrogen-bond acceptors (Lipinski definition) is 3. The first-order valence-corrected chi connectivity index (χ1v) is 10.5. The highest BCUT2D eigenvalue weighted by molar-refractivity contribution is 9.10. The van der Waals surface area contributed by atoms with Crippen LogP contribution in [0.4, 0.5) is 10.5 Å². The molecule has 1 aromatic heterocycles. The molecule has 3 aromatic rings. The second-order valence-corrected chi connectivity index (χ2v) is 8.35. The van der Waals surface area contributed by atoms with Crippen LogP contribution in [0.3, 0.4) is 0 Å². The van der Waals surface area contributed by atoms with Crippen molar-refractivity contribution >= 4 is 45.5 Å². The normalized spacial score (nSPS) is 15.5. The molecule has 1 aliphatic rings. The molecule has 4 amide bonds. The van der Waals surface area contributed by atoms with E-state index >= 15 is 0 Å². The molecule has 31 heavy (non-hydrogen) atoms. The summed E-state index contributed by atoms with van der Waals surface area (Å²) in [4.78, 5) is 38.9. The minimum Gasteiger partial charge on any atom is -0.318 e. The highest BCUT2D eigenvalue weighted by atomic mass is 79.9. The van der Waals surface area contributed by atoms with Crippen LogP contribution in [0.15, 0.2) is 64.6 Å². The minimum absolute atomic E-state index is 0.0910. The van der Waals surface area contributed by atoms with Crippen LogP contribution in [-0.4, -0.2) is 22.4 Å². The van der Waals surface area contributed by atoms with Gasteiger partial charge in [0.2, 0.25) is 0 Å². The van der Waals surface area contributed by atoms with Gasteiger partial charge in [0.1, 0.15) is 5.57 Å². The van der Waals surface area contributed by atoms with Crippen molar-refractivity contribution in [3.8, 4) is 5.69 Å². The van der Waals surface area contributed by atoms with Crippen LogP contribution in [0.5, 0.6) is 0 Å². The van der Waals surface area contributed by atoms with Crippen molar-refractivity contribution in [3.05, 3.63) is 87.2 Å². The average Bonchev–Trinajstić information content (AvgIpc) is 3.00. The molecule has 0 atom stereocenters. The Hall–Kier alpha value is -3.45. The van der Waals surface area contributed by atoms with Gasteiger partial charge in [0.15, 0.2) is 0 Å². The molecular weight excluding hydrogens is 458 g/mol. The molecule has 0 radical (unpaired) electrons. The Kier molecular flexibility index (Phi) is 5.37. The zero-order valence-corrected chi connectivity index (χ0v) is 18.9. The number of aromatic nitrogens is 1. The summed E-state index contributed by atoms with van der Waals surface area (Å²) in [6.07, 6.45) is 1.54. The first-order valence-electron chi connectivity index (χ1n) is 9.69. The van der Waals surface area contributed by atoms with E-state index in [4.69, 9.17) is 0 Å². The van der Waals surface area contributed by atoms with Crippen LogP contribution in [-0.2, 0) is 9.59 Å². The van der Waals surface area contributed by atoms with Crippen molar-refractivity contribution < 1.29 is 14.4 Å². The number of barbiturate groups is 1. The Morgan fingerprint density at radius 1 is 0.871 bits per heavy atom. The fourth-order valence-corrected chi connectivity index (χ4v) is 3.93. The summed E-state index contributed by atoms with van der Waals surface area (Å²) in [6.45, 7) is 5.93. The molecule has 1 N–H and O–H groups in total. The third kappa shape index (κ3) is 3.84. The lowest BCUT2D eigenvalue weighted by atomic mass is 10.1. The molecule has 0 saturated carbocycles. The second kappa shape index (κ2) is 8.00. The number of rotatable bonds is 3. The van der Waals surface area contributed by atoms with Crippen LogP contribution >= 0.6 is 15.9 Å². The van der Waals surface area contributed by atoms with Gasteiger partial charge in [-0.3, -0.25) is 14.9 Å². The standard InChI is InChI=1S/C24H20BrN3O3/c1-14-4-8-19(9-5-14)27-15(2)12-17(16(27)3)13-21-22(29)26-24(31)28(23(21)30)20-10-6-18(25)7-11-20/h4-13H,1-3H3,(H,26,29,31)/b21-13-. The molecule has 7 heteroatoms. The average molecular weight is 478 g/mol. The van der Waals surface area contributed by atoms with Gasteiger partial charge in [0.25, 0.3) is 11.8 Å². The highest BCUT2D eigenvalue weighted by Crippen LogP contribution is 2.26. The maximum atomic E-state index is 13.1. The second-order valence-electron chi connectivity index (χ2n) is 7.43. The van der Waals surface area contributed by atoms with Gasteiger partial charge in [-0.05, 0) is 74.9 Å². The van der Waals surface area contributed by atoms with E-state index < -0.39 is 17.8 Å². The predicted octanol–water partition coefficient (Wildman–Crippen LogP) is 4.83. The van der Waals surface area contributed by atoms with Gasteiger partial charge in [-0.25, -0.2) is 9.69 Å². The molecule has 2 aromatic carbocycles. The Labute approximate surface area is 188 Å². The number of nitrogens with zero attached hydrogens (tertiary/aromatic N) is 2. The Morgan fingerprint density at radius 2 is 1.48 bits per heavy atom. The highest BCUT2D eigenvalue weighted by Gasteiger charge is 2.37. The van der Waals surface area contributed by atoms with Crippen LogP contribution in [0.25, 0.3) is 11.8 Å². The Balaban J connectivity index is 1.75. The number of benzene rings is 2. The summed E-state index contributed by atoms with van der Waals surface area (Å²) in [5, 5.41) is 2.26. The van der Waals surface area contributed by atoms with Gasteiger partial charge in [0, 0.05) is 21.5 Å². The number of amides is 4. The van der Waals surface area contributed by atoms with Crippen molar-refractivity contribution in [2.24, 2.45) is 0 Å². The van der Waals surface area contributed by atoms with Gasteiger partial charge in [-0.2, -0.15) is 0 Å². The molecule has 0 bridgehead atoms. The van der Waals surface area contributed by atoms with Crippen LogP contribution in [0.1, 0.15) is 22.5 Å². The summed E-state index contributed by atoms with van der Waals surface area (Å²) in [6, 6.07) is 16.0. The molecule has 1 aliphatic heterocycles. The zero-order chi connectivity index (χ0) is 22.3. The van der Waals surface area contributed by atoms with Crippen molar-refractivity contribution in [3.63, 3.8) is 0 Å². The predicted molar refractivity (Wildman–Crippen MR) is 123 cm³/mol.